The first-order valence-corrected chi connectivity index (χ1v) is 12.1. The molecule has 1 aromatic heterocycles. The maximum absolute atomic E-state index is 13.5. The fourth-order valence-corrected chi connectivity index (χ4v) is 5.43. The van der Waals surface area contributed by atoms with Gasteiger partial charge in [0.25, 0.3) is 5.56 Å². The lowest BCUT2D eigenvalue weighted by molar-refractivity contribution is -0.116. The number of fused-ring (bicyclic) bond motifs is 1. The minimum absolute atomic E-state index is 0.0382. The van der Waals surface area contributed by atoms with Crippen molar-refractivity contribution in [2.24, 2.45) is 0 Å². The summed E-state index contributed by atoms with van der Waals surface area (Å²) in [6.07, 6.45) is 1.94. The normalized spacial score (nSPS) is 17.0. The molecule has 34 heavy (non-hydrogen) atoms. The second kappa shape index (κ2) is 9.38. The van der Waals surface area contributed by atoms with Crippen molar-refractivity contribution in [3.8, 4) is 11.5 Å². The second-order valence-electron chi connectivity index (χ2n) is 8.24. The van der Waals surface area contributed by atoms with Crippen LogP contribution in [0.4, 0.5) is 5.82 Å². The van der Waals surface area contributed by atoms with Crippen molar-refractivity contribution in [2.45, 2.75) is 36.1 Å². The molecule has 0 unspecified atom stereocenters. The van der Waals surface area contributed by atoms with E-state index in [4.69, 9.17) is 14.5 Å². The quantitative estimate of drug-likeness (QED) is 0.396. The molecule has 0 radical (unpaired) electrons. The van der Waals surface area contributed by atoms with Gasteiger partial charge >= 0.3 is 0 Å². The fraction of sp³-hybridized carbons (Fsp3) is 0.269. The average Bonchev–Trinajstić information content (AvgIpc) is 2.86. The molecule has 0 fully saturated rings. The van der Waals surface area contributed by atoms with Crippen molar-refractivity contribution in [1.29, 1.82) is 0 Å². The van der Waals surface area contributed by atoms with E-state index in [-0.39, 0.29) is 11.3 Å². The number of nitrogens with one attached hydrogen (secondary N) is 2. The largest absolute Gasteiger partial charge is 0.497 e. The highest BCUT2D eigenvalue weighted by atomic mass is 32.2. The van der Waals surface area contributed by atoms with Crippen LogP contribution in [0.2, 0.25) is 0 Å². The van der Waals surface area contributed by atoms with E-state index < -0.39 is 5.92 Å². The van der Waals surface area contributed by atoms with Gasteiger partial charge in [-0.2, -0.15) is 0 Å². The number of anilines is 1. The monoisotopic (exact) mass is 475 g/mol. The highest BCUT2D eigenvalue weighted by Crippen LogP contribution is 2.46. The average molecular weight is 476 g/mol. The zero-order valence-corrected chi connectivity index (χ0v) is 19.8. The number of hydrogen-bond donors (Lipinski definition) is 2. The molecule has 1 aliphatic heterocycles. The Morgan fingerprint density at radius 3 is 2.65 bits per heavy atom. The summed E-state index contributed by atoms with van der Waals surface area (Å²) >= 11 is 1.47. The maximum atomic E-state index is 13.5. The molecule has 2 aromatic carbocycles. The Hall–Kier alpha value is -3.52. The summed E-state index contributed by atoms with van der Waals surface area (Å²) in [5.41, 5.74) is 3.45. The number of carbonyl (C=O) groups is 1. The predicted octanol–water partition coefficient (Wildman–Crippen LogP) is 4.64. The van der Waals surface area contributed by atoms with Crippen molar-refractivity contribution in [2.75, 3.05) is 19.5 Å². The number of methoxy groups -OCH3 is 2. The Labute approximate surface area is 201 Å². The number of ether oxygens (including phenoxy) is 2. The summed E-state index contributed by atoms with van der Waals surface area (Å²) in [5, 5.41) is 3.85. The van der Waals surface area contributed by atoms with Crippen molar-refractivity contribution in [3.05, 3.63) is 86.8 Å². The second-order valence-corrected chi connectivity index (χ2v) is 9.21. The third kappa shape index (κ3) is 4.09. The van der Waals surface area contributed by atoms with E-state index in [9.17, 15) is 9.59 Å². The van der Waals surface area contributed by atoms with E-state index in [1.165, 1.54) is 11.8 Å². The number of H-pyrrole nitrogens is 1. The molecular weight excluding hydrogens is 450 g/mol. The van der Waals surface area contributed by atoms with E-state index in [2.05, 4.69) is 10.3 Å². The minimum Gasteiger partial charge on any atom is -0.497 e. The molecule has 2 N–H and O–H groups in total. The lowest BCUT2D eigenvalue weighted by Crippen LogP contribution is -2.33. The molecule has 0 bridgehead atoms. The van der Waals surface area contributed by atoms with Crippen LogP contribution in [-0.2, 0) is 10.5 Å². The summed E-state index contributed by atoms with van der Waals surface area (Å²) in [7, 11) is 3.17. The molecule has 2 heterocycles. The van der Waals surface area contributed by atoms with Crippen molar-refractivity contribution in [1.82, 2.24) is 9.97 Å². The van der Waals surface area contributed by atoms with E-state index in [0.29, 0.717) is 51.3 Å². The lowest BCUT2D eigenvalue weighted by atomic mass is 9.76. The molecule has 0 spiro atoms. The van der Waals surface area contributed by atoms with Gasteiger partial charge in [-0.3, -0.25) is 9.59 Å². The molecule has 174 valence electrons. The van der Waals surface area contributed by atoms with Crippen LogP contribution in [-0.4, -0.2) is 30.0 Å². The maximum Gasteiger partial charge on any atom is 0.257 e. The summed E-state index contributed by atoms with van der Waals surface area (Å²) in [6.45, 7) is 0. The predicted molar refractivity (Wildman–Crippen MR) is 132 cm³/mol. The van der Waals surface area contributed by atoms with Gasteiger partial charge in [-0.05, 0) is 36.6 Å². The highest BCUT2D eigenvalue weighted by Gasteiger charge is 2.39. The molecule has 0 saturated carbocycles. The Morgan fingerprint density at radius 2 is 1.88 bits per heavy atom. The molecule has 5 rings (SSSR count). The molecule has 2 aliphatic rings. The molecular formula is C26H25N3O4S. The number of aromatic nitrogens is 2. The van der Waals surface area contributed by atoms with Gasteiger partial charge in [0, 0.05) is 29.0 Å². The minimum atomic E-state index is -0.589. The van der Waals surface area contributed by atoms with Gasteiger partial charge in [0.1, 0.15) is 17.3 Å². The van der Waals surface area contributed by atoms with E-state index in [1.807, 2.05) is 36.4 Å². The fourth-order valence-electron chi connectivity index (χ4n) is 4.61. The van der Waals surface area contributed by atoms with Gasteiger partial charge in [0.05, 0.1) is 25.7 Å². The molecule has 3 aromatic rings. The number of aromatic amines is 1. The van der Waals surface area contributed by atoms with Crippen LogP contribution in [0.3, 0.4) is 0 Å². The SMILES string of the molecule is COc1ccc(OC)c([C@H]2C3=C(CCCC3=O)Nc3nc(SCc4ccccc4)[nH]c(=O)c32)c1. The van der Waals surface area contributed by atoms with Crippen molar-refractivity contribution < 1.29 is 14.3 Å². The van der Waals surface area contributed by atoms with Gasteiger partial charge in [-0.25, -0.2) is 4.98 Å². The van der Waals surface area contributed by atoms with Crippen molar-refractivity contribution >= 4 is 23.4 Å². The van der Waals surface area contributed by atoms with Crippen LogP contribution in [0.1, 0.15) is 41.9 Å². The van der Waals surface area contributed by atoms with E-state index >= 15 is 0 Å². The standard InChI is InChI=1S/C26H25N3O4S/c1-32-16-11-12-20(33-2)17(13-16)21-22-18(9-6-10-19(22)30)27-24-23(21)25(31)29-26(28-24)34-14-15-7-4-3-5-8-15/h3-5,7-8,11-13,21H,6,9-10,14H2,1-2H3,(H2,27,28,29,31)/t21-/m0/s1. The molecule has 0 saturated heterocycles. The Kier molecular flexibility index (Phi) is 6.15. The van der Waals surface area contributed by atoms with E-state index in [0.717, 1.165) is 24.1 Å². The molecule has 0 amide bonds. The van der Waals surface area contributed by atoms with Crippen LogP contribution in [0, 0.1) is 0 Å². The molecule has 8 heteroatoms. The number of carbonyl (C=O) groups excluding carboxylic acids is 1. The Bertz CT molecular complexity index is 1330. The molecule has 7 nitrogen and oxygen atoms in total. The van der Waals surface area contributed by atoms with Gasteiger partial charge in [0.2, 0.25) is 0 Å². The van der Waals surface area contributed by atoms with Gasteiger partial charge in [-0.1, -0.05) is 42.1 Å². The van der Waals surface area contributed by atoms with Crippen molar-refractivity contribution in [3.63, 3.8) is 0 Å². The van der Waals surface area contributed by atoms with Crippen LogP contribution in [0.25, 0.3) is 0 Å². The van der Waals surface area contributed by atoms with E-state index in [1.54, 1.807) is 26.4 Å². The highest BCUT2D eigenvalue weighted by molar-refractivity contribution is 7.98. The number of Topliss-reactive ketones (excluding diaryl/α,β-unsaturated/α-hetero) is 1. The topological polar surface area (TPSA) is 93.3 Å². The lowest BCUT2D eigenvalue weighted by Gasteiger charge is -2.33. The zero-order chi connectivity index (χ0) is 23.7. The zero-order valence-electron chi connectivity index (χ0n) is 19.0. The third-order valence-corrected chi connectivity index (χ3v) is 7.15. The summed E-state index contributed by atoms with van der Waals surface area (Å²) < 4.78 is 11.1. The number of nitrogens with zero attached hydrogens (tertiary/aromatic N) is 1. The van der Waals surface area contributed by atoms with Gasteiger partial charge in [-0.15, -0.1) is 0 Å². The van der Waals surface area contributed by atoms with Gasteiger partial charge in [0.15, 0.2) is 10.9 Å². The Balaban J connectivity index is 1.63. The number of thioether (sulfide) groups is 1. The first-order valence-electron chi connectivity index (χ1n) is 11.1. The number of ketones is 1. The van der Waals surface area contributed by atoms with Crippen LogP contribution in [0.5, 0.6) is 11.5 Å². The first-order chi connectivity index (χ1) is 16.6. The number of allylic oxidation sites excluding steroid dienone is 2. The third-order valence-electron chi connectivity index (χ3n) is 6.20. The summed E-state index contributed by atoms with van der Waals surface area (Å²) in [6, 6.07) is 15.5. The van der Waals surface area contributed by atoms with Crippen LogP contribution in [0.15, 0.2) is 69.8 Å². The summed E-state index contributed by atoms with van der Waals surface area (Å²) in [4.78, 5) is 34.3. The number of rotatable bonds is 6. The van der Waals surface area contributed by atoms with Crippen LogP contribution >= 0.6 is 11.8 Å². The number of benzene rings is 2. The number of hydrogen-bond acceptors (Lipinski definition) is 7. The molecule has 1 atom stereocenters. The Morgan fingerprint density at radius 1 is 1.06 bits per heavy atom. The molecule has 1 aliphatic carbocycles. The summed E-state index contributed by atoms with van der Waals surface area (Å²) in [5.74, 6) is 1.83. The van der Waals surface area contributed by atoms with Gasteiger partial charge < -0.3 is 19.8 Å². The smallest absolute Gasteiger partial charge is 0.257 e. The first kappa shape index (κ1) is 22.3. The van der Waals surface area contributed by atoms with Crippen LogP contribution < -0.4 is 20.3 Å².